The fourth-order valence-electron chi connectivity index (χ4n) is 3.82. The highest BCUT2D eigenvalue weighted by atomic mass is 32.1. The molecule has 32 heavy (non-hydrogen) atoms. The van der Waals surface area contributed by atoms with E-state index >= 15 is 0 Å². The van der Waals surface area contributed by atoms with E-state index < -0.39 is 4.92 Å². The van der Waals surface area contributed by atoms with Crippen LogP contribution in [-0.4, -0.2) is 21.6 Å². The molecule has 8 heteroatoms. The number of carbonyl (C=O) groups excluding carboxylic acids is 1. The van der Waals surface area contributed by atoms with Crippen LogP contribution in [0.4, 0.5) is 5.69 Å². The van der Waals surface area contributed by atoms with Gasteiger partial charge in [0.05, 0.1) is 16.0 Å². The van der Waals surface area contributed by atoms with Gasteiger partial charge in [-0.25, -0.2) is 5.43 Å². The molecule has 0 saturated heterocycles. The quantitative estimate of drug-likeness (QED) is 0.246. The SMILES string of the molecule is Cc1ccc(-n2c(C)cc(/C=N\NC(=O)c3cc4cc([N+](=O)[O-])ccc4s3)c2C)c(C)c1. The lowest BCUT2D eigenvalue weighted by molar-refractivity contribution is -0.384. The van der Waals surface area contributed by atoms with Crippen LogP contribution < -0.4 is 5.43 Å². The van der Waals surface area contributed by atoms with Crippen LogP contribution in [-0.2, 0) is 0 Å². The van der Waals surface area contributed by atoms with Crippen LogP contribution in [0.25, 0.3) is 15.8 Å². The zero-order valence-corrected chi connectivity index (χ0v) is 19.0. The number of hydrogen-bond acceptors (Lipinski definition) is 5. The second-order valence-corrected chi connectivity index (χ2v) is 8.82. The summed E-state index contributed by atoms with van der Waals surface area (Å²) in [5, 5.41) is 15.7. The van der Waals surface area contributed by atoms with Crippen LogP contribution in [0.2, 0.25) is 0 Å². The molecule has 2 aromatic heterocycles. The van der Waals surface area contributed by atoms with Crippen LogP contribution in [0.15, 0.2) is 53.6 Å². The molecule has 2 aromatic carbocycles. The molecule has 162 valence electrons. The van der Waals surface area contributed by atoms with E-state index in [1.165, 1.54) is 34.6 Å². The first kappa shape index (κ1) is 21.5. The number of hydrazone groups is 1. The summed E-state index contributed by atoms with van der Waals surface area (Å²) in [5.74, 6) is -0.353. The highest BCUT2D eigenvalue weighted by Gasteiger charge is 2.14. The van der Waals surface area contributed by atoms with Gasteiger partial charge in [0.25, 0.3) is 11.6 Å². The number of hydrogen-bond donors (Lipinski definition) is 1. The van der Waals surface area contributed by atoms with Crippen molar-refractivity contribution in [1.29, 1.82) is 0 Å². The van der Waals surface area contributed by atoms with E-state index in [9.17, 15) is 14.9 Å². The Balaban J connectivity index is 1.54. The molecule has 0 spiro atoms. The van der Waals surface area contributed by atoms with E-state index in [2.05, 4.69) is 47.1 Å². The summed E-state index contributed by atoms with van der Waals surface area (Å²) in [5.41, 5.74) is 9.10. The molecule has 2 heterocycles. The minimum Gasteiger partial charge on any atom is -0.318 e. The molecular formula is C24H22N4O3S. The van der Waals surface area contributed by atoms with Gasteiger partial charge in [-0.3, -0.25) is 14.9 Å². The molecule has 0 saturated carbocycles. The number of aromatic nitrogens is 1. The maximum atomic E-state index is 12.5. The van der Waals surface area contributed by atoms with Crippen molar-refractivity contribution in [2.45, 2.75) is 27.7 Å². The predicted molar refractivity (Wildman–Crippen MR) is 128 cm³/mol. The minimum atomic E-state index is -0.449. The van der Waals surface area contributed by atoms with Gasteiger partial charge in [0.15, 0.2) is 0 Å². The average molecular weight is 447 g/mol. The number of fused-ring (bicyclic) bond motifs is 1. The Labute approximate surface area is 189 Å². The number of thiophene rings is 1. The molecule has 4 aromatic rings. The van der Waals surface area contributed by atoms with Gasteiger partial charge in [-0.15, -0.1) is 11.3 Å². The average Bonchev–Trinajstić information content (AvgIpc) is 3.29. The molecule has 1 N–H and O–H groups in total. The third-order valence-electron chi connectivity index (χ3n) is 5.37. The molecule has 1 amide bonds. The van der Waals surface area contributed by atoms with Gasteiger partial charge < -0.3 is 4.57 Å². The van der Waals surface area contributed by atoms with Crippen molar-refractivity contribution in [1.82, 2.24) is 9.99 Å². The number of rotatable bonds is 5. The number of nitrogens with zero attached hydrogens (tertiary/aromatic N) is 3. The van der Waals surface area contributed by atoms with Gasteiger partial charge in [-0.1, -0.05) is 17.7 Å². The first-order chi connectivity index (χ1) is 15.2. The fraction of sp³-hybridized carbons (Fsp3) is 0.167. The first-order valence-electron chi connectivity index (χ1n) is 10.0. The third-order valence-corrected chi connectivity index (χ3v) is 6.48. The summed E-state index contributed by atoms with van der Waals surface area (Å²) >= 11 is 1.27. The van der Waals surface area contributed by atoms with Crippen LogP contribution in [0.1, 0.15) is 37.7 Å². The first-order valence-corrected chi connectivity index (χ1v) is 10.8. The van der Waals surface area contributed by atoms with Gasteiger partial charge in [0.2, 0.25) is 0 Å². The molecule has 4 rings (SSSR count). The summed E-state index contributed by atoms with van der Waals surface area (Å²) in [6.07, 6.45) is 1.64. The van der Waals surface area contributed by atoms with Crippen LogP contribution in [0.3, 0.4) is 0 Å². The van der Waals surface area contributed by atoms with E-state index in [1.54, 1.807) is 18.3 Å². The van der Waals surface area contributed by atoms with Crippen molar-refractivity contribution in [3.05, 3.63) is 91.6 Å². The van der Waals surface area contributed by atoms with Gasteiger partial charge in [-0.2, -0.15) is 5.10 Å². The van der Waals surface area contributed by atoms with Gasteiger partial charge in [-0.05, 0) is 57.5 Å². The van der Waals surface area contributed by atoms with Crippen LogP contribution >= 0.6 is 11.3 Å². The standard InChI is InChI=1S/C24H22N4O3S/c1-14-5-7-21(15(2)9-14)27-16(3)10-19(17(27)4)13-25-26-24(29)23-12-18-11-20(28(30)31)6-8-22(18)32-23/h5-13H,1-4H3,(H,26,29)/b25-13-. The number of nitrogens with one attached hydrogen (secondary N) is 1. The Morgan fingerprint density at radius 3 is 2.59 bits per heavy atom. The molecule has 0 fully saturated rings. The molecular weight excluding hydrogens is 424 g/mol. The molecule has 0 aliphatic rings. The molecule has 0 atom stereocenters. The van der Waals surface area contributed by atoms with Gasteiger partial charge in [0, 0.05) is 44.9 Å². The lowest BCUT2D eigenvalue weighted by atomic mass is 10.1. The van der Waals surface area contributed by atoms with E-state index in [0.717, 1.165) is 27.3 Å². The Kier molecular flexibility index (Phi) is 5.63. The monoisotopic (exact) mass is 446 g/mol. The van der Waals surface area contributed by atoms with Crippen molar-refractivity contribution >= 4 is 39.2 Å². The van der Waals surface area contributed by atoms with Crippen molar-refractivity contribution in [2.75, 3.05) is 0 Å². The van der Waals surface area contributed by atoms with E-state index in [1.807, 2.05) is 19.9 Å². The Hall–Kier alpha value is -3.78. The summed E-state index contributed by atoms with van der Waals surface area (Å²) in [7, 11) is 0. The van der Waals surface area contributed by atoms with Gasteiger partial charge >= 0.3 is 0 Å². The fourth-order valence-corrected chi connectivity index (χ4v) is 4.75. The third kappa shape index (κ3) is 4.04. The number of amides is 1. The van der Waals surface area contributed by atoms with E-state index in [-0.39, 0.29) is 11.6 Å². The molecule has 0 bridgehead atoms. The maximum absolute atomic E-state index is 12.5. The van der Waals surface area contributed by atoms with E-state index in [0.29, 0.717) is 10.3 Å². The maximum Gasteiger partial charge on any atom is 0.281 e. The second kappa shape index (κ2) is 8.39. The molecule has 0 aliphatic heterocycles. The largest absolute Gasteiger partial charge is 0.318 e. The number of benzene rings is 2. The van der Waals surface area contributed by atoms with Crippen LogP contribution in [0.5, 0.6) is 0 Å². The highest BCUT2D eigenvalue weighted by Crippen LogP contribution is 2.29. The van der Waals surface area contributed by atoms with Crippen molar-refractivity contribution in [3.8, 4) is 5.69 Å². The minimum absolute atomic E-state index is 0.000510. The highest BCUT2D eigenvalue weighted by molar-refractivity contribution is 7.20. The Bertz CT molecular complexity index is 1400. The summed E-state index contributed by atoms with van der Waals surface area (Å²) in [4.78, 5) is 23.5. The Morgan fingerprint density at radius 1 is 1.09 bits per heavy atom. The van der Waals surface area contributed by atoms with Gasteiger partial charge in [0.1, 0.15) is 0 Å². The molecule has 7 nitrogen and oxygen atoms in total. The van der Waals surface area contributed by atoms with E-state index in [4.69, 9.17) is 0 Å². The van der Waals surface area contributed by atoms with Crippen molar-refractivity contribution < 1.29 is 9.72 Å². The van der Waals surface area contributed by atoms with Crippen molar-refractivity contribution in [3.63, 3.8) is 0 Å². The Morgan fingerprint density at radius 2 is 1.88 bits per heavy atom. The molecule has 0 aliphatic carbocycles. The predicted octanol–water partition coefficient (Wildman–Crippen LogP) is 5.60. The normalized spacial score (nSPS) is 11.4. The van der Waals surface area contributed by atoms with Crippen LogP contribution in [0, 0.1) is 37.8 Å². The number of nitro benzene ring substituents is 1. The summed E-state index contributed by atoms with van der Waals surface area (Å²) in [6, 6.07) is 14.6. The second-order valence-electron chi connectivity index (χ2n) is 7.74. The lowest BCUT2D eigenvalue weighted by Gasteiger charge is -2.13. The lowest BCUT2D eigenvalue weighted by Crippen LogP contribution is -2.16. The summed E-state index contributed by atoms with van der Waals surface area (Å²) < 4.78 is 2.98. The topological polar surface area (TPSA) is 89.5 Å². The smallest absolute Gasteiger partial charge is 0.281 e. The zero-order valence-electron chi connectivity index (χ0n) is 18.2. The zero-order chi connectivity index (χ0) is 23.0. The number of non-ortho nitro benzene ring substituents is 1. The molecule has 0 radical (unpaired) electrons. The van der Waals surface area contributed by atoms with Crippen molar-refractivity contribution in [2.24, 2.45) is 5.10 Å². The number of aryl methyl sites for hydroxylation is 3. The number of nitro groups is 1. The summed E-state index contributed by atoms with van der Waals surface area (Å²) in [6.45, 7) is 8.23. The number of carbonyl (C=O) groups is 1. The molecule has 0 unspecified atom stereocenters.